The minimum atomic E-state index is -1.83. The van der Waals surface area contributed by atoms with Gasteiger partial charge in [-0.15, -0.1) is 0 Å². The fourth-order valence-corrected chi connectivity index (χ4v) is 12.3. The molecule has 30 heteroatoms. The SMILES string of the molecule is C/C=C1\NC(=O)[C@H](Cc2ccccc2)NC(=O)[C@@H](C(C)C)NC(=O)[C@@H]([C@@H](C)CC)NC(=O)[C@H](NC(=O)[C@H](NC(=O)[C@H](CCCN)NC(=O)[C@H]2CCCN2C(=O)[C@H](NC(=O)[C@@H](NC(=O)[C@@H](NC(=O)[C@@H](CC(C)C)NC(=O)CCCC(C)C)[C@@H](C)O)C(C)C)C(C)C)[C@@H](C)CC)[C@@H](C)OC(=O)[C@H](C(C)C)NC1=O. The highest BCUT2D eigenvalue weighted by atomic mass is 16.5. The normalized spacial score (nSPS) is 22.5. The van der Waals surface area contributed by atoms with E-state index in [1.807, 2.05) is 27.7 Å². The van der Waals surface area contributed by atoms with Gasteiger partial charge in [-0.1, -0.05) is 166 Å². The first-order chi connectivity index (χ1) is 49.7. The molecular formula is C76H126N14O16. The summed E-state index contributed by atoms with van der Waals surface area (Å²) in [5.74, 6) is -14.7. The molecule has 2 saturated heterocycles. The van der Waals surface area contributed by atoms with Crippen LogP contribution in [0.1, 0.15) is 201 Å². The lowest BCUT2D eigenvalue weighted by Gasteiger charge is -2.33. The van der Waals surface area contributed by atoms with Gasteiger partial charge in [0.2, 0.25) is 70.9 Å². The average molecular weight is 1490 g/mol. The van der Waals surface area contributed by atoms with E-state index in [1.165, 1.54) is 31.7 Å². The predicted molar refractivity (Wildman–Crippen MR) is 400 cm³/mol. The lowest BCUT2D eigenvalue weighted by Crippen LogP contribution is -2.64. The molecule has 0 saturated carbocycles. The quantitative estimate of drug-likeness (QED) is 0.0347. The van der Waals surface area contributed by atoms with E-state index in [9.17, 15) is 62.6 Å². The van der Waals surface area contributed by atoms with Crippen LogP contribution in [0.15, 0.2) is 42.1 Å². The topological polar surface area (TPSA) is 442 Å². The van der Waals surface area contributed by atoms with E-state index in [4.69, 9.17) is 10.5 Å². The van der Waals surface area contributed by atoms with Crippen LogP contribution in [0.4, 0.5) is 0 Å². The maximum absolute atomic E-state index is 15.1. The van der Waals surface area contributed by atoms with E-state index in [1.54, 1.807) is 113 Å². The standard InChI is InChI=1S/C76H126N14O16/c1-20-45(16)60(72(101)89-63-48(19)106-76(105)59(44(14)15)85-64(93)50(22-3)79-66(95)53(38-49-30-24-23-25-31-49)81-69(98)56(41(8)9)82-71(100)61(46(17)21-2)87-74(63)103)86-65(94)51(32-27-35-77)80-68(97)54-33-28-36-90(54)75(104)58(43(12)13)84-70(99)57(42(10)11)83-73(102)62(47(18)91)88-67(96)52(37-40(6)7)78-55(92)34-26-29-39(4)5/h22-25,30-31,39-48,51-54,56-63,91H,20-21,26-29,32-38,77H2,1-19H3,(H,78,92)(H,79,95)(H,80,97)(H,81,98)(H,82,100)(H,83,102)(H,84,99)(H,85,93)(H,86,94)(H,87,103)(H,88,96)(H,89,101)/b50-22-/t45-,46-,47+,48+,51-,52+,53-,54+,56+,57-,58+,59-,60+,61+,62-,63+/m0/s1. The number of aliphatic hydroxyl groups excluding tert-OH is 1. The third-order valence-corrected chi connectivity index (χ3v) is 19.4. The van der Waals surface area contributed by atoms with Crippen molar-refractivity contribution in [1.82, 2.24) is 68.7 Å². The van der Waals surface area contributed by atoms with E-state index < -0.39 is 197 Å². The van der Waals surface area contributed by atoms with Gasteiger partial charge in [0.1, 0.15) is 84.3 Å². The van der Waals surface area contributed by atoms with Gasteiger partial charge in [0.25, 0.3) is 5.91 Å². The van der Waals surface area contributed by atoms with Crippen molar-refractivity contribution in [1.29, 1.82) is 0 Å². The van der Waals surface area contributed by atoms with Crippen molar-refractivity contribution in [3.05, 3.63) is 47.7 Å². The number of carbonyl (C=O) groups is 14. The van der Waals surface area contributed by atoms with Gasteiger partial charge in [0.15, 0.2) is 0 Å². The Balaban J connectivity index is 2.00. The van der Waals surface area contributed by atoms with Crippen molar-refractivity contribution < 1.29 is 77.0 Å². The Morgan fingerprint density at radius 1 is 0.613 bits per heavy atom. The van der Waals surface area contributed by atoms with Crippen molar-refractivity contribution in [2.75, 3.05) is 13.1 Å². The van der Waals surface area contributed by atoms with Gasteiger partial charge in [-0.3, -0.25) is 62.3 Å². The molecule has 2 aliphatic rings. The third kappa shape index (κ3) is 28.3. The number of nitrogens with zero attached hydrogens (tertiary/aromatic N) is 1. The number of allylic oxidation sites excluding steroid dienone is 1. The Morgan fingerprint density at radius 3 is 1.73 bits per heavy atom. The van der Waals surface area contributed by atoms with E-state index in [0.29, 0.717) is 30.7 Å². The van der Waals surface area contributed by atoms with Crippen LogP contribution in [0.2, 0.25) is 0 Å². The zero-order valence-corrected chi connectivity index (χ0v) is 66.0. The molecule has 0 unspecified atom stereocenters. The molecule has 0 spiro atoms. The number of cyclic esters (lactones) is 1. The van der Waals surface area contributed by atoms with Crippen LogP contribution < -0.4 is 69.5 Å². The van der Waals surface area contributed by atoms with Crippen LogP contribution in [0.25, 0.3) is 0 Å². The van der Waals surface area contributed by atoms with Crippen LogP contribution in [0, 0.1) is 47.3 Å². The van der Waals surface area contributed by atoms with Crippen molar-refractivity contribution in [2.45, 2.75) is 287 Å². The molecule has 0 bridgehead atoms. The summed E-state index contributed by atoms with van der Waals surface area (Å²) in [5.41, 5.74) is 6.34. The first kappa shape index (κ1) is 91.7. The van der Waals surface area contributed by atoms with E-state index >= 15 is 9.59 Å². The number of hydrogen-bond donors (Lipinski definition) is 14. The number of nitrogens with two attached hydrogens (primary N) is 1. The number of nitrogens with one attached hydrogen (secondary N) is 12. The molecule has 1 aromatic rings. The number of aliphatic hydroxyl groups is 1. The molecule has 596 valence electrons. The van der Waals surface area contributed by atoms with Gasteiger partial charge in [-0.05, 0) is 119 Å². The number of esters is 1. The second-order valence-electron chi connectivity index (χ2n) is 30.6. The Hall–Kier alpha value is -8.54. The summed E-state index contributed by atoms with van der Waals surface area (Å²) in [4.78, 5) is 202. The third-order valence-electron chi connectivity index (χ3n) is 19.4. The van der Waals surface area contributed by atoms with Crippen LogP contribution in [-0.2, 0) is 78.3 Å². The lowest BCUT2D eigenvalue weighted by molar-refractivity contribution is -0.157. The summed E-state index contributed by atoms with van der Waals surface area (Å²) >= 11 is 0. The summed E-state index contributed by atoms with van der Waals surface area (Å²) in [5, 5.41) is 43.3. The molecule has 0 aliphatic carbocycles. The number of rotatable bonds is 34. The van der Waals surface area contributed by atoms with E-state index in [-0.39, 0.29) is 75.6 Å². The summed E-state index contributed by atoms with van der Waals surface area (Å²) in [7, 11) is 0. The first-order valence-electron chi connectivity index (χ1n) is 38.0. The zero-order valence-electron chi connectivity index (χ0n) is 66.0. The number of carbonyl (C=O) groups excluding carboxylic acids is 14. The van der Waals surface area contributed by atoms with E-state index in [0.717, 1.165) is 6.42 Å². The summed E-state index contributed by atoms with van der Waals surface area (Å²) in [6.07, 6.45) is 1.27. The average Bonchev–Trinajstić information content (AvgIpc) is 1.56. The fraction of sp³-hybridized carbons (Fsp3) is 0.711. The summed E-state index contributed by atoms with van der Waals surface area (Å²) < 4.78 is 5.96. The van der Waals surface area contributed by atoms with Gasteiger partial charge in [0, 0.05) is 19.4 Å². The Labute approximate surface area is 626 Å². The van der Waals surface area contributed by atoms with Crippen LogP contribution in [0.5, 0.6) is 0 Å². The molecule has 30 nitrogen and oxygen atoms in total. The highest BCUT2D eigenvalue weighted by Crippen LogP contribution is 2.23. The zero-order chi connectivity index (χ0) is 80.1. The second kappa shape index (κ2) is 44.6. The number of ether oxygens (including phenoxy) is 1. The molecule has 2 aliphatic heterocycles. The van der Waals surface area contributed by atoms with Gasteiger partial charge >= 0.3 is 5.97 Å². The molecule has 0 aromatic heterocycles. The Kier molecular flexibility index (Phi) is 38.5. The van der Waals surface area contributed by atoms with Gasteiger partial charge < -0.3 is 84.3 Å². The molecular weight excluding hydrogens is 1360 g/mol. The summed E-state index contributed by atoms with van der Waals surface area (Å²) in [6.45, 7) is 32.1. The number of hydrogen-bond acceptors (Lipinski definition) is 17. The molecule has 2 fully saturated rings. The number of benzene rings is 1. The molecule has 16 atom stereocenters. The minimum absolute atomic E-state index is 0.0354. The van der Waals surface area contributed by atoms with Crippen molar-refractivity contribution in [3.8, 4) is 0 Å². The number of amides is 13. The van der Waals surface area contributed by atoms with Gasteiger partial charge in [0.05, 0.1) is 6.10 Å². The van der Waals surface area contributed by atoms with Crippen molar-refractivity contribution in [2.24, 2.45) is 53.1 Å². The number of likely N-dealkylation sites (tertiary alicyclic amines) is 1. The fourth-order valence-electron chi connectivity index (χ4n) is 12.3. The molecule has 15 N–H and O–H groups in total. The first-order valence-corrected chi connectivity index (χ1v) is 38.0. The lowest BCUT2D eigenvalue weighted by atomic mass is 9.95. The largest absolute Gasteiger partial charge is 0.458 e. The van der Waals surface area contributed by atoms with Crippen LogP contribution >= 0.6 is 0 Å². The molecule has 0 radical (unpaired) electrons. The Bertz CT molecular complexity index is 3180. The van der Waals surface area contributed by atoms with Crippen LogP contribution in [0.3, 0.4) is 0 Å². The van der Waals surface area contributed by atoms with Crippen molar-refractivity contribution in [3.63, 3.8) is 0 Å². The highest BCUT2D eigenvalue weighted by Gasteiger charge is 2.44. The highest BCUT2D eigenvalue weighted by molar-refractivity contribution is 6.03. The van der Waals surface area contributed by atoms with E-state index in [2.05, 4.69) is 63.8 Å². The van der Waals surface area contributed by atoms with Crippen molar-refractivity contribution >= 4 is 82.8 Å². The molecule has 13 amide bonds. The summed E-state index contributed by atoms with van der Waals surface area (Å²) in [6, 6.07) is -7.64. The Morgan fingerprint density at radius 2 is 1.18 bits per heavy atom. The monoisotopic (exact) mass is 1490 g/mol. The van der Waals surface area contributed by atoms with Crippen LogP contribution in [-0.4, -0.2) is 191 Å². The smallest absolute Gasteiger partial charge is 0.329 e. The maximum atomic E-state index is 15.1. The maximum Gasteiger partial charge on any atom is 0.329 e. The predicted octanol–water partition coefficient (Wildman–Crippen LogP) is 2.23. The molecule has 3 rings (SSSR count). The second-order valence-corrected chi connectivity index (χ2v) is 30.6. The van der Waals surface area contributed by atoms with Gasteiger partial charge in [-0.2, -0.15) is 0 Å². The minimum Gasteiger partial charge on any atom is -0.458 e. The molecule has 106 heavy (non-hydrogen) atoms. The molecule has 1 aromatic carbocycles. The molecule has 2 heterocycles. The van der Waals surface area contributed by atoms with Gasteiger partial charge in [-0.25, -0.2) is 4.79 Å².